The minimum absolute atomic E-state index is 0.109. The van der Waals surface area contributed by atoms with Crippen molar-refractivity contribution in [3.63, 3.8) is 0 Å². The predicted octanol–water partition coefficient (Wildman–Crippen LogP) is 3.89. The number of carbonyl (C=O) groups is 1. The molecule has 1 aliphatic heterocycles. The molecule has 3 rings (SSSR count). The van der Waals surface area contributed by atoms with Crippen LogP contribution in [-0.4, -0.2) is 44.1 Å². The molecule has 0 bridgehead atoms. The van der Waals surface area contributed by atoms with Crippen molar-refractivity contribution in [3.05, 3.63) is 58.1 Å². The lowest BCUT2D eigenvalue weighted by atomic mass is 10.1. The fourth-order valence-corrected chi connectivity index (χ4v) is 3.34. The third kappa shape index (κ3) is 4.20. The molecule has 2 aromatic rings. The molecule has 1 heterocycles. The van der Waals surface area contributed by atoms with Crippen LogP contribution >= 0.6 is 23.2 Å². The van der Waals surface area contributed by atoms with Gasteiger partial charge in [0.15, 0.2) is 0 Å². The minimum Gasteiger partial charge on any atom is -0.495 e. The smallest absolute Gasteiger partial charge is 0.227 e. The number of rotatable bonds is 4. The van der Waals surface area contributed by atoms with Crippen LogP contribution in [0.15, 0.2) is 42.5 Å². The van der Waals surface area contributed by atoms with Gasteiger partial charge in [0.2, 0.25) is 5.91 Å². The van der Waals surface area contributed by atoms with Crippen molar-refractivity contribution in [2.24, 2.45) is 0 Å². The van der Waals surface area contributed by atoms with Crippen molar-refractivity contribution in [2.45, 2.75) is 6.42 Å². The Morgan fingerprint density at radius 1 is 1.04 bits per heavy atom. The second kappa shape index (κ2) is 7.98. The summed E-state index contributed by atoms with van der Waals surface area (Å²) in [5.74, 6) is 0.969. The second-order valence-corrected chi connectivity index (χ2v) is 6.78. The molecule has 1 fully saturated rings. The van der Waals surface area contributed by atoms with E-state index in [0.29, 0.717) is 29.6 Å². The fraction of sp³-hybridized carbons (Fsp3) is 0.316. The lowest BCUT2D eigenvalue weighted by molar-refractivity contribution is -0.130. The Hall–Kier alpha value is -1.91. The molecule has 0 atom stereocenters. The first kappa shape index (κ1) is 17.9. The van der Waals surface area contributed by atoms with E-state index in [0.717, 1.165) is 30.1 Å². The highest BCUT2D eigenvalue weighted by atomic mass is 35.5. The normalized spacial score (nSPS) is 14.5. The van der Waals surface area contributed by atoms with Crippen molar-refractivity contribution in [3.8, 4) is 5.75 Å². The number of piperazine rings is 1. The van der Waals surface area contributed by atoms with Crippen LogP contribution in [0.25, 0.3) is 0 Å². The van der Waals surface area contributed by atoms with Crippen molar-refractivity contribution in [2.75, 3.05) is 38.2 Å². The summed E-state index contributed by atoms with van der Waals surface area (Å²) in [4.78, 5) is 16.7. The molecule has 0 spiro atoms. The van der Waals surface area contributed by atoms with Crippen molar-refractivity contribution in [1.29, 1.82) is 0 Å². The molecule has 0 radical (unpaired) electrons. The Morgan fingerprint density at radius 2 is 1.76 bits per heavy atom. The second-order valence-electron chi connectivity index (χ2n) is 5.96. The number of hydrogen-bond donors (Lipinski definition) is 0. The van der Waals surface area contributed by atoms with Crippen molar-refractivity contribution in [1.82, 2.24) is 4.90 Å². The monoisotopic (exact) mass is 378 g/mol. The molecule has 1 aliphatic rings. The number of hydrogen-bond acceptors (Lipinski definition) is 3. The maximum Gasteiger partial charge on any atom is 0.227 e. The van der Waals surface area contributed by atoms with Gasteiger partial charge in [0.1, 0.15) is 5.75 Å². The van der Waals surface area contributed by atoms with Gasteiger partial charge in [0.25, 0.3) is 0 Å². The first-order valence-electron chi connectivity index (χ1n) is 8.18. The van der Waals surface area contributed by atoms with Gasteiger partial charge in [-0.15, -0.1) is 0 Å². The summed E-state index contributed by atoms with van der Waals surface area (Å²) in [6.45, 7) is 2.96. The van der Waals surface area contributed by atoms with Gasteiger partial charge in [0.05, 0.1) is 29.3 Å². The highest BCUT2D eigenvalue weighted by Gasteiger charge is 2.23. The third-order valence-corrected chi connectivity index (χ3v) is 5.14. The Morgan fingerprint density at radius 3 is 2.44 bits per heavy atom. The van der Waals surface area contributed by atoms with E-state index < -0.39 is 0 Å². The Bertz CT molecular complexity index is 759. The maximum absolute atomic E-state index is 12.5. The summed E-state index contributed by atoms with van der Waals surface area (Å²) in [7, 11) is 1.68. The number of benzene rings is 2. The number of ether oxygens (including phenoxy) is 1. The number of halogens is 2. The van der Waals surface area contributed by atoms with Gasteiger partial charge in [0, 0.05) is 26.2 Å². The van der Waals surface area contributed by atoms with E-state index in [4.69, 9.17) is 27.9 Å². The molecule has 1 saturated heterocycles. The lowest BCUT2D eigenvalue weighted by Crippen LogP contribution is -2.49. The number of nitrogens with zero attached hydrogens (tertiary/aromatic N) is 2. The predicted molar refractivity (Wildman–Crippen MR) is 102 cm³/mol. The number of methoxy groups -OCH3 is 1. The topological polar surface area (TPSA) is 32.8 Å². The van der Waals surface area contributed by atoms with Gasteiger partial charge in [-0.25, -0.2) is 0 Å². The molecule has 0 N–H and O–H groups in total. The van der Waals surface area contributed by atoms with Crippen LogP contribution in [0, 0.1) is 0 Å². The summed E-state index contributed by atoms with van der Waals surface area (Å²) in [5.41, 5.74) is 1.95. The van der Waals surface area contributed by atoms with E-state index in [9.17, 15) is 4.79 Å². The highest BCUT2D eigenvalue weighted by Crippen LogP contribution is 2.28. The van der Waals surface area contributed by atoms with Crippen LogP contribution in [0.3, 0.4) is 0 Å². The van der Waals surface area contributed by atoms with Crippen LogP contribution in [-0.2, 0) is 11.2 Å². The first-order valence-corrected chi connectivity index (χ1v) is 8.94. The zero-order chi connectivity index (χ0) is 17.8. The third-order valence-electron chi connectivity index (χ3n) is 4.40. The zero-order valence-electron chi connectivity index (χ0n) is 14.0. The molecule has 132 valence electrons. The minimum atomic E-state index is 0.109. The Labute approximate surface area is 157 Å². The van der Waals surface area contributed by atoms with Gasteiger partial charge >= 0.3 is 0 Å². The summed E-state index contributed by atoms with van der Waals surface area (Å²) in [6, 6.07) is 13.3. The molecule has 4 nitrogen and oxygen atoms in total. The Kier molecular flexibility index (Phi) is 5.71. The Balaban J connectivity index is 1.60. The lowest BCUT2D eigenvalue weighted by Gasteiger charge is -2.36. The van der Waals surface area contributed by atoms with Crippen LogP contribution in [0.2, 0.25) is 10.0 Å². The van der Waals surface area contributed by atoms with Crippen LogP contribution in [0.1, 0.15) is 5.56 Å². The first-order chi connectivity index (χ1) is 12.1. The average molecular weight is 379 g/mol. The summed E-state index contributed by atoms with van der Waals surface area (Å²) >= 11 is 11.9. The van der Waals surface area contributed by atoms with Crippen molar-refractivity contribution < 1.29 is 9.53 Å². The standard InChI is InChI=1S/C19H20Cl2N2O2/c1-25-18-5-3-2-4-17(18)22-8-10-23(11-9-22)19(24)13-14-6-7-15(20)16(21)12-14/h2-7,12H,8-11,13H2,1H3. The average Bonchev–Trinajstić information content (AvgIpc) is 2.65. The van der Waals surface area contributed by atoms with E-state index >= 15 is 0 Å². The molecule has 1 amide bonds. The maximum atomic E-state index is 12.5. The fourth-order valence-electron chi connectivity index (χ4n) is 3.02. The largest absolute Gasteiger partial charge is 0.495 e. The summed E-state index contributed by atoms with van der Waals surface area (Å²) in [5, 5.41) is 0.983. The molecular formula is C19H20Cl2N2O2. The van der Waals surface area contributed by atoms with Gasteiger partial charge in [-0.05, 0) is 29.8 Å². The molecule has 0 unspecified atom stereocenters. The highest BCUT2D eigenvalue weighted by molar-refractivity contribution is 6.42. The van der Waals surface area contributed by atoms with Gasteiger partial charge in [-0.2, -0.15) is 0 Å². The van der Waals surface area contributed by atoms with Gasteiger partial charge < -0.3 is 14.5 Å². The number of amides is 1. The number of anilines is 1. The molecular weight excluding hydrogens is 359 g/mol. The van der Waals surface area contributed by atoms with Crippen LogP contribution in [0.4, 0.5) is 5.69 Å². The van der Waals surface area contributed by atoms with Gasteiger partial charge in [-0.1, -0.05) is 41.4 Å². The molecule has 6 heteroatoms. The van der Waals surface area contributed by atoms with E-state index in [1.165, 1.54) is 0 Å². The molecule has 0 aliphatic carbocycles. The number of para-hydroxylation sites is 2. The van der Waals surface area contributed by atoms with E-state index in [1.807, 2.05) is 35.2 Å². The molecule has 0 saturated carbocycles. The SMILES string of the molecule is COc1ccccc1N1CCN(C(=O)Cc2ccc(Cl)c(Cl)c2)CC1. The summed E-state index contributed by atoms with van der Waals surface area (Å²) in [6.07, 6.45) is 0.339. The van der Waals surface area contributed by atoms with Crippen LogP contribution < -0.4 is 9.64 Å². The quantitative estimate of drug-likeness (QED) is 0.808. The summed E-state index contributed by atoms with van der Waals surface area (Å²) < 4.78 is 5.43. The van der Waals surface area contributed by atoms with E-state index in [2.05, 4.69) is 4.90 Å². The number of carbonyl (C=O) groups excluding carboxylic acids is 1. The molecule has 2 aromatic carbocycles. The van der Waals surface area contributed by atoms with E-state index in [-0.39, 0.29) is 5.91 Å². The van der Waals surface area contributed by atoms with E-state index in [1.54, 1.807) is 19.2 Å². The molecule has 25 heavy (non-hydrogen) atoms. The van der Waals surface area contributed by atoms with Crippen LogP contribution in [0.5, 0.6) is 5.75 Å². The molecule has 0 aromatic heterocycles. The zero-order valence-corrected chi connectivity index (χ0v) is 15.6. The van der Waals surface area contributed by atoms with Crippen molar-refractivity contribution >= 4 is 34.8 Å². The van der Waals surface area contributed by atoms with Gasteiger partial charge in [-0.3, -0.25) is 4.79 Å².